The fourth-order valence-electron chi connectivity index (χ4n) is 1.59. The highest BCUT2D eigenvalue weighted by molar-refractivity contribution is 6.63. The largest absolute Gasteiger partial charge is 0.303 e. The first-order valence-electron chi connectivity index (χ1n) is 4.08. The van der Waals surface area contributed by atoms with E-state index in [2.05, 4.69) is 11.9 Å². The number of hydrogen-bond acceptors (Lipinski definition) is 2. The third-order valence-electron chi connectivity index (χ3n) is 2.32. The van der Waals surface area contributed by atoms with Gasteiger partial charge in [-0.3, -0.25) is 4.79 Å². The summed E-state index contributed by atoms with van der Waals surface area (Å²) >= 11 is 5.31. The van der Waals surface area contributed by atoms with Gasteiger partial charge in [-0.15, -0.1) is 0 Å². The van der Waals surface area contributed by atoms with Gasteiger partial charge in [-0.25, -0.2) is 0 Å². The van der Waals surface area contributed by atoms with Crippen LogP contribution in [0.1, 0.15) is 25.7 Å². The molecule has 0 radical (unpaired) electrons. The maximum Gasteiger partial charge on any atom is 0.223 e. The van der Waals surface area contributed by atoms with Gasteiger partial charge in [-0.2, -0.15) is 0 Å². The molecule has 64 valence electrons. The number of carbonyl (C=O) groups excluding carboxylic acids is 1. The summed E-state index contributed by atoms with van der Waals surface area (Å²) in [5.74, 6) is 0. The average molecular weight is 176 g/mol. The highest BCUT2D eigenvalue weighted by atomic mass is 35.5. The van der Waals surface area contributed by atoms with Crippen molar-refractivity contribution in [3.05, 3.63) is 0 Å². The van der Waals surface area contributed by atoms with Gasteiger partial charge in [0.1, 0.15) is 0 Å². The summed E-state index contributed by atoms with van der Waals surface area (Å²) in [7, 11) is 2.06. The normalized spacial score (nSPS) is 26.9. The molecule has 0 spiro atoms. The minimum atomic E-state index is -0.205. The molecule has 0 bridgehead atoms. The lowest BCUT2D eigenvalue weighted by Crippen LogP contribution is -2.37. The molecule has 3 heteroatoms. The van der Waals surface area contributed by atoms with Gasteiger partial charge in [-0.1, -0.05) is 6.42 Å². The van der Waals surface area contributed by atoms with Crippen LogP contribution in [0.25, 0.3) is 0 Å². The number of nitrogens with zero attached hydrogens (tertiary/aromatic N) is 1. The zero-order chi connectivity index (χ0) is 8.27. The zero-order valence-corrected chi connectivity index (χ0v) is 7.60. The van der Waals surface area contributed by atoms with Crippen molar-refractivity contribution < 1.29 is 4.79 Å². The van der Waals surface area contributed by atoms with E-state index in [4.69, 9.17) is 11.6 Å². The standard InChI is InChI=1S/C8H14ClNO/c1-10-5-3-2-4-7(10)6-8(9)11/h7H,2-6H2,1H3. The molecule has 2 nitrogen and oxygen atoms in total. The second kappa shape index (κ2) is 4.07. The Morgan fingerprint density at radius 1 is 1.64 bits per heavy atom. The summed E-state index contributed by atoms with van der Waals surface area (Å²) in [5.41, 5.74) is 0. The zero-order valence-electron chi connectivity index (χ0n) is 6.85. The monoisotopic (exact) mass is 175 g/mol. The molecule has 1 saturated heterocycles. The summed E-state index contributed by atoms with van der Waals surface area (Å²) < 4.78 is 0. The van der Waals surface area contributed by atoms with Gasteiger partial charge in [0.25, 0.3) is 0 Å². The molecule has 0 N–H and O–H groups in total. The van der Waals surface area contributed by atoms with Crippen LogP contribution in [-0.2, 0) is 4.79 Å². The third-order valence-corrected chi connectivity index (χ3v) is 2.47. The van der Waals surface area contributed by atoms with Crippen LogP contribution in [0, 0.1) is 0 Å². The number of halogens is 1. The average Bonchev–Trinajstić information content (AvgIpc) is 1.93. The topological polar surface area (TPSA) is 20.3 Å². The Labute approximate surface area is 72.5 Å². The first kappa shape index (κ1) is 9.01. The Hall–Kier alpha value is -0.0800. The van der Waals surface area contributed by atoms with Crippen LogP contribution in [0.5, 0.6) is 0 Å². The number of hydrogen-bond donors (Lipinski definition) is 0. The van der Waals surface area contributed by atoms with Crippen LogP contribution < -0.4 is 0 Å². The predicted molar refractivity (Wildman–Crippen MR) is 45.7 cm³/mol. The van der Waals surface area contributed by atoms with Crippen molar-refractivity contribution in [3.8, 4) is 0 Å². The van der Waals surface area contributed by atoms with Crippen LogP contribution >= 0.6 is 11.6 Å². The summed E-state index contributed by atoms with van der Waals surface area (Å²) in [6, 6.07) is 0.397. The van der Waals surface area contributed by atoms with E-state index in [9.17, 15) is 4.79 Å². The van der Waals surface area contributed by atoms with Gasteiger partial charge in [0, 0.05) is 12.5 Å². The third kappa shape index (κ3) is 2.80. The Morgan fingerprint density at radius 2 is 2.36 bits per heavy atom. The van der Waals surface area contributed by atoms with Gasteiger partial charge in [0.15, 0.2) is 0 Å². The van der Waals surface area contributed by atoms with Crippen molar-refractivity contribution in [1.82, 2.24) is 4.90 Å². The van der Waals surface area contributed by atoms with Gasteiger partial charge in [0.05, 0.1) is 0 Å². The van der Waals surface area contributed by atoms with Gasteiger partial charge in [0.2, 0.25) is 5.24 Å². The molecule has 1 aliphatic rings. The molecule has 1 fully saturated rings. The Morgan fingerprint density at radius 3 is 2.91 bits per heavy atom. The van der Waals surface area contributed by atoms with Crippen molar-refractivity contribution in [2.45, 2.75) is 31.7 Å². The molecule has 0 aromatic carbocycles. The molecular weight excluding hydrogens is 162 g/mol. The van der Waals surface area contributed by atoms with E-state index in [0.717, 1.165) is 13.0 Å². The van der Waals surface area contributed by atoms with Crippen LogP contribution in [0.3, 0.4) is 0 Å². The Balaban J connectivity index is 2.35. The van der Waals surface area contributed by atoms with E-state index in [0.29, 0.717) is 12.5 Å². The minimum absolute atomic E-state index is 0.205. The van der Waals surface area contributed by atoms with E-state index in [-0.39, 0.29) is 5.24 Å². The molecule has 1 rings (SSSR count). The lowest BCUT2D eigenvalue weighted by atomic mass is 10.0. The molecular formula is C8H14ClNO. The van der Waals surface area contributed by atoms with Crippen molar-refractivity contribution in [1.29, 1.82) is 0 Å². The van der Waals surface area contributed by atoms with E-state index in [1.165, 1.54) is 12.8 Å². The SMILES string of the molecule is CN1CCCCC1CC(=O)Cl. The highest BCUT2D eigenvalue weighted by Gasteiger charge is 2.20. The predicted octanol–water partition coefficient (Wildman–Crippen LogP) is 1.63. The van der Waals surface area contributed by atoms with Crippen LogP contribution in [-0.4, -0.2) is 29.8 Å². The number of piperidine rings is 1. The highest BCUT2D eigenvalue weighted by Crippen LogP contribution is 2.18. The molecule has 11 heavy (non-hydrogen) atoms. The lowest BCUT2D eigenvalue weighted by Gasteiger charge is -2.31. The quantitative estimate of drug-likeness (QED) is 0.595. The van der Waals surface area contributed by atoms with Crippen LogP contribution in [0.2, 0.25) is 0 Å². The molecule has 1 atom stereocenters. The minimum Gasteiger partial charge on any atom is -0.303 e. The van der Waals surface area contributed by atoms with Gasteiger partial charge >= 0.3 is 0 Å². The summed E-state index contributed by atoms with van der Waals surface area (Å²) in [5, 5.41) is -0.205. The van der Waals surface area contributed by atoms with Gasteiger partial charge < -0.3 is 4.90 Å². The summed E-state index contributed by atoms with van der Waals surface area (Å²) in [4.78, 5) is 12.8. The molecule has 0 aliphatic carbocycles. The maximum absolute atomic E-state index is 10.6. The second-order valence-corrected chi connectivity index (χ2v) is 3.61. The lowest BCUT2D eigenvalue weighted by molar-refractivity contribution is -0.113. The number of carbonyl (C=O) groups is 1. The van der Waals surface area contributed by atoms with E-state index in [1.807, 2.05) is 0 Å². The number of rotatable bonds is 2. The van der Waals surface area contributed by atoms with Crippen molar-refractivity contribution in [2.75, 3.05) is 13.6 Å². The summed E-state index contributed by atoms with van der Waals surface area (Å²) in [6.45, 7) is 1.11. The molecule has 0 aromatic heterocycles. The second-order valence-electron chi connectivity index (χ2n) is 3.19. The smallest absolute Gasteiger partial charge is 0.223 e. The number of likely N-dealkylation sites (tertiary alicyclic amines) is 1. The van der Waals surface area contributed by atoms with Crippen LogP contribution in [0.15, 0.2) is 0 Å². The van der Waals surface area contributed by atoms with Crippen molar-refractivity contribution in [2.24, 2.45) is 0 Å². The van der Waals surface area contributed by atoms with E-state index >= 15 is 0 Å². The first-order chi connectivity index (χ1) is 5.20. The molecule has 1 heterocycles. The maximum atomic E-state index is 10.6. The first-order valence-corrected chi connectivity index (χ1v) is 4.46. The van der Waals surface area contributed by atoms with E-state index < -0.39 is 0 Å². The molecule has 0 aromatic rings. The Kier molecular flexibility index (Phi) is 3.34. The van der Waals surface area contributed by atoms with Gasteiger partial charge in [-0.05, 0) is 38.0 Å². The Bertz CT molecular complexity index is 149. The molecule has 0 saturated carbocycles. The fraction of sp³-hybridized carbons (Fsp3) is 0.875. The van der Waals surface area contributed by atoms with Crippen molar-refractivity contribution in [3.63, 3.8) is 0 Å². The molecule has 1 aliphatic heterocycles. The fourth-order valence-corrected chi connectivity index (χ4v) is 1.77. The van der Waals surface area contributed by atoms with Crippen molar-refractivity contribution >= 4 is 16.8 Å². The van der Waals surface area contributed by atoms with E-state index in [1.54, 1.807) is 0 Å². The van der Waals surface area contributed by atoms with Crippen LogP contribution in [0.4, 0.5) is 0 Å². The summed E-state index contributed by atoms with van der Waals surface area (Å²) in [6.07, 6.45) is 4.12. The molecule has 0 amide bonds. The molecule has 1 unspecified atom stereocenters.